The van der Waals surface area contributed by atoms with Crippen molar-refractivity contribution in [3.05, 3.63) is 95.1 Å². The van der Waals surface area contributed by atoms with E-state index in [9.17, 15) is 0 Å². The average molecular weight is 282 g/mol. The van der Waals surface area contributed by atoms with Crippen LogP contribution in [0, 0.1) is 6.92 Å². The molecule has 0 saturated carbocycles. The smallest absolute Gasteiger partial charge is 0.00135 e. The van der Waals surface area contributed by atoms with Crippen LogP contribution in [0.4, 0.5) is 0 Å². The van der Waals surface area contributed by atoms with Crippen LogP contribution in [0.15, 0.2) is 72.8 Å². The zero-order valence-corrected chi connectivity index (χ0v) is 12.7. The molecule has 0 heterocycles. The van der Waals surface area contributed by atoms with Crippen LogP contribution in [0.1, 0.15) is 22.3 Å². The topological polar surface area (TPSA) is 0 Å². The van der Waals surface area contributed by atoms with E-state index < -0.39 is 0 Å². The molecule has 0 N–H and O–H groups in total. The maximum atomic E-state index is 2.36. The van der Waals surface area contributed by atoms with Gasteiger partial charge in [0.15, 0.2) is 0 Å². The summed E-state index contributed by atoms with van der Waals surface area (Å²) in [6.45, 7) is 2.13. The van der Waals surface area contributed by atoms with Crippen LogP contribution in [0.2, 0.25) is 0 Å². The molecule has 0 aromatic heterocycles. The van der Waals surface area contributed by atoms with Gasteiger partial charge >= 0.3 is 0 Å². The van der Waals surface area contributed by atoms with Crippen molar-refractivity contribution in [3.63, 3.8) is 0 Å². The molecule has 0 amide bonds. The zero-order valence-electron chi connectivity index (χ0n) is 12.7. The summed E-state index contributed by atoms with van der Waals surface area (Å²) in [6, 6.07) is 26.2. The molecule has 1 aliphatic carbocycles. The molecule has 0 aliphatic heterocycles. The Kier molecular flexibility index (Phi) is 3.16. The lowest BCUT2D eigenvalue weighted by Crippen LogP contribution is -1.87. The summed E-state index contributed by atoms with van der Waals surface area (Å²) in [4.78, 5) is 0. The van der Waals surface area contributed by atoms with E-state index >= 15 is 0 Å². The molecule has 3 aromatic carbocycles. The molecule has 0 saturated heterocycles. The highest BCUT2D eigenvalue weighted by Gasteiger charge is 2.17. The van der Waals surface area contributed by atoms with Crippen molar-refractivity contribution in [2.24, 2.45) is 0 Å². The Morgan fingerprint density at radius 2 is 1.45 bits per heavy atom. The number of rotatable bonds is 2. The van der Waals surface area contributed by atoms with E-state index in [0.29, 0.717) is 0 Å². The molecule has 106 valence electrons. The lowest BCUT2D eigenvalue weighted by atomic mass is 9.97. The van der Waals surface area contributed by atoms with E-state index in [2.05, 4.69) is 85.8 Å². The SMILES string of the molecule is Cc1ccc(C2=Cc3c(cccc3-c3ccccc3)C2)cc1. The molecular formula is C22H18. The van der Waals surface area contributed by atoms with Crippen LogP contribution in [0.25, 0.3) is 22.8 Å². The predicted octanol–water partition coefficient (Wildman–Crippen LogP) is 5.76. The largest absolute Gasteiger partial charge is 0.0622 e. The third-order valence-electron chi connectivity index (χ3n) is 4.40. The van der Waals surface area contributed by atoms with E-state index in [1.165, 1.54) is 39.0 Å². The summed E-state index contributed by atoms with van der Waals surface area (Å²) in [7, 11) is 0. The fraction of sp³-hybridized carbons (Fsp3) is 0.0909. The van der Waals surface area contributed by atoms with Gasteiger partial charge in [-0.2, -0.15) is 0 Å². The van der Waals surface area contributed by atoms with Crippen molar-refractivity contribution in [2.45, 2.75) is 13.3 Å². The second kappa shape index (κ2) is 5.31. The summed E-state index contributed by atoms with van der Waals surface area (Å²) in [5.74, 6) is 0. The van der Waals surface area contributed by atoms with Gasteiger partial charge < -0.3 is 0 Å². The van der Waals surface area contributed by atoms with Crippen molar-refractivity contribution < 1.29 is 0 Å². The summed E-state index contributed by atoms with van der Waals surface area (Å²) >= 11 is 0. The van der Waals surface area contributed by atoms with Crippen LogP contribution >= 0.6 is 0 Å². The van der Waals surface area contributed by atoms with E-state index in [1.54, 1.807) is 0 Å². The summed E-state index contributed by atoms with van der Waals surface area (Å²) in [6.07, 6.45) is 3.39. The Hall–Kier alpha value is -2.60. The van der Waals surface area contributed by atoms with Gasteiger partial charge in [-0.25, -0.2) is 0 Å². The fourth-order valence-electron chi connectivity index (χ4n) is 3.19. The van der Waals surface area contributed by atoms with E-state index in [0.717, 1.165) is 6.42 Å². The van der Waals surface area contributed by atoms with Crippen LogP contribution < -0.4 is 0 Å². The van der Waals surface area contributed by atoms with Crippen molar-refractivity contribution in [1.29, 1.82) is 0 Å². The molecule has 0 heteroatoms. The Morgan fingerprint density at radius 3 is 2.23 bits per heavy atom. The van der Waals surface area contributed by atoms with Gasteiger partial charge in [0, 0.05) is 0 Å². The molecular weight excluding hydrogens is 264 g/mol. The predicted molar refractivity (Wildman–Crippen MR) is 94.6 cm³/mol. The molecule has 0 radical (unpaired) electrons. The maximum Gasteiger partial charge on any atom is -0.00135 e. The van der Waals surface area contributed by atoms with Crippen LogP contribution in [0.5, 0.6) is 0 Å². The van der Waals surface area contributed by atoms with Crippen molar-refractivity contribution in [3.8, 4) is 11.1 Å². The lowest BCUT2D eigenvalue weighted by Gasteiger charge is -2.07. The van der Waals surface area contributed by atoms with Crippen LogP contribution in [-0.4, -0.2) is 0 Å². The Labute approximate surface area is 131 Å². The zero-order chi connectivity index (χ0) is 14.9. The van der Waals surface area contributed by atoms with Crippen molar-refractivity contribution in [2.75, 3.05) is 0 Å². The molecule has 22 heavy (non-hydrogen) atoms. The summed E-state index contributed by atoms with van der Waals surface area (Å²) in [5.41, 5.74) is 9.49. The first-order valence-corrected chi connectivity index (χ1v) is 7.76. The van der Waals surface area contributed by atoms with Gasteiger partial charge in [0.05, 0.1) is 0 Å². The van der Waals surface area contributed by atoms with Gasteiger partial charge in [0.1, 0.15) is 0 Å². The third kappa shape index (κ3) is 2.27. The molecule has 0 bridgehead atoms. The normalized spacial score (nSPS) is 12.9. The summed E-state index contributed by atoms with van der Waals surface area (Å²) in [5, 5.41) is 0. The quantitative estimate of drug-likeness (QED) is 0.560. The van der Waals surface area contributed by atoms with Crippen LogP contribution in [-0.2, 0) is 6.42 Å². The third-order valence-corrected chi connectivity index (χ3v) is 4.40. The second-order valence-corrected chi connectivity index (χ2v) is 5.96. The molecule has 0 unspecified atom stereocenters. The standard InChI is InChI=1S/C22H18/c1-16-10-12-17(13-11-16)20-14-19-8-5-9-21(22(19)15-20)18-6-3-2-4-7-18/h2-13,15H,14H2,1H3. The number of benzene rings is 3. The second-order valence-electron chi connectivity index (χ2n) is 5.96. The first-order valence-electron chi connectivity index (χ1n) is 7.76. The lowest BCUT2D eigenvalue weighted by molar-refractivity contribution is 1.31. The minimum absolute atomic E-state index is 1.03. The molecule has 4 rings (SSSR count). The van der Waals surface area contributed by atoms with Crippen LogP contribution in [0.3, 0.4) is 0 Å². The van der Waals surface area contributed by atoms with Crippen molar-refractivity contribution in [1.82, 2.24) is 0 Å². The maximum absolute atomic E-state index is 2.36. The first-order chi connectivity index (χ1) is 10.8. The molecule has 0 nitrogen and oxygen atoms in total. The minimum Gasteiger partial charge on any atom is -0.0622 e. The Balaban J connectivity index is 1.80. The molecule has 3 aromatic rings. The number of allylic oxidation sites excluding steroid dienone is 1. The molecule has 0 spiro atoms. The summed E-state index contributed by atoms with van der Waals surface area (Å²) < 4.78 is 0. The van der Waals surface area contributed by atoms with Gasteiger partial charge in [-0.3, -0.25) is 0 Å². The van der Waals surface area contributed by atoms with Crippen molar-refractivity contribution >= 4 is 11.6 Å². The highest BCUT2D eigenvalue weighted by atomic mass is 14.2. The van der Waals surface area contributed by atoms with E-state index in [1.807, 2.05) is 0 Å². The van der Waals surface area contributed by atoms with E-state index in [4.69, 9.17) is 0 Å². The molecule has 0 atom stereocenters. The number of hydrogen-bond acceptors (Lipinski definition) is 0. The average Bonchev–Trinajstić information content (AvgIpc) is 3.00. The fourth-order valence-corrected chi connectivity index (χ4v) is 3.19. The molecule has 0 fully saturated rings. The highest BCUT2D eigenvalue weighted by Crippen LogP contribution is 2.37. The Bertz CT molecular complexity index is 837. The minimum atomic E-state index is 1.03. The van der Waals surface area contributed by atoms with Gasteiger partial charge in [0.25, 0.3) is 0 Å². The van der Waals surface area contributed by atoms with E-state index in [-0.39, 0.29) is 0 Å². The van der Waals surface area contributed by atoms with Gasteiger partial charge in [-0.15, -0.1) is 0 Å². The van der Waals surface area contributed by atoms with Gasteiger partial charge in [0.2, 0.25) is 0 Å². The number of fused-ring (bicyclic) bond motifs is 1. The van der Waals surface area contributed by atoms with Gasteiger partial charge in [-0.05, 0) is 52.8 Å². The number of hydrogen-bond donors (Lipinski definition) is 0. The molecule has 1 aliphatic rings. The highest BCUT2D eigenvalue weighted by molar-refractivity contribution is 5.93. The Morgan fingerprint density at radius 1 is 0.682 bits per heavy atom. The van der Waals surface area contributed by atoms with Gasteiger partial charge in [-0.1, -0.05) is 78.4 Å². The first kappa shape index (κ1) is 13.1. The number of aryl methyl sites for hydroxylation is 1. The monoisotopic (exact) mass is 282 g/mol.